The maximum atomic E-state index is 2.69. The van der Waals surface area contributed by atoms with Crippen LogP contribution in [0.5, 0.6) is 0 Å². The fourth-order valence-electron chi connectivity index (χ4n) is 3.08. The number of rotatable bonds is 1. The van der Waals surface area contributed by atoms with E-state index in [9.17, 15) is 0 Å². The molecule has 1 aromatic carbocycles. The monoisotopic (exact) mass is 342 g/mol. The standard InChI is InChI=1S/C14H19IN2/c15-13-6-1-2-7-14(13)17-10-9-16-8-4-3-5-12(16)11-17/h1-2,6-7,12H,3-5,8-11H2. The average Bonchev–Trinajstić information content (AvgIpc) is 2.39. The quantitative estimate of drug-likeness (QED) is 0.724. The third-order valence-electron chi connectivity index (χ3n) is 4.03. The Morgan fingerprint density at radius 1 is 1.06 bits per heavy atom. The third-order valence-corrected chi connectivity index (χ3v) is 4.94. The van der Waals surface area contributed by atoms with Crippen LogP contribution in [0.25, 0.3) is 0 Å². The molecule has 2 aliphatic rings. The van der Waals surface area contributed by atoms with Crippen molar-refractivity contribution in [3.63, 3.8) is 0 Å². The van der Waals surface area contributed by atoms with Gasteiger partial charge in [-0.15, -0.1) is 0 Å². The zero-order chi connectivity index (χ0) is 11.7. The molecule has 17 heavy (non-hydrogen) atoms. The number of nitrogens with zero attached hydrogens (tertiary/aromatic N) is 2. The fourth-order valence-corrected chi connectivity index (χ4v) is 3.81. The number of anilines is 1. The Balaban J connectivity index is 1.76. The van der Waals surface area contributed by atoms with Gasteiger partial charge in [-0.1, -0.05) is 18.6 Å². The first-order valence-corrected chi connectivity index (χ1v) is 7.66. The molecular formula is C14H19IN2. The number of hydrogen-bond donors (Lipinski definition) is 0. The van der Waals surface area contributed by atoms with Crippen molar-refractivity contribution < 1.29 is 0 Å². The van der Waals surface area contributed by atoms with Crippen LogP contribution in [0.15, 0.2) is 24.3 Å². The Bertz CT molecular complexity index is 394. The van der Waals surface area contributed by atoms with Gasteiger partial charge in [0.15, 0.2) is 0 Å². The van der Waals surface area contributed by atoms with Gasteiger partial charge in [0.2, 0.25) is 0 Å². The highest BCUT2D eigenvalue weighted by Gasteiger charge is 2.29. The van der Waals surface area contributed by atoms with Crippen molar-refractivity contribution in [2.24, 2.45) is 0 Å². The zero-order valence-electron chi connectivity index (χ0n) is 10.1. The van der Waals surface area contributed by atoms with Crippen molar-refractivity contribution in [3.8, 4) is 0 Å². The Kier molecular flexibility index (Phi) is 3.56. The van der Waals surface area contributed by atoms with Gasteiger partial charge in [-0.05, 0) is 54.1 Å². The first kappa shape index (κ1) is 11.8. The summed E-state index contributed by atoms with van der Waals surface area (Å²) in [5.74, 6) is 0. The van der Waals surface area contributed by atoms with Crippen LogP contribution in [0, 0.1) is 3.57 Å². The lowest BCUT2D eigenvalue weighted by Crippen LogP contribution is -2.55. The van der Waals surface area contributed by atoms with Gasteiger partial charge >= 0.3 is 0 Å². The van der Waals surface area contributed by atoms with Gasteiger partial charge in [0, 0.05) is 29.2 Å². The molecule has 2 nitrogen and oxygen atoms in total. The van der Waals surface area contributed by atoms with Crippen LogP contribution in [0.1, 0.15) is 19.3 Å². The van der Waals surface area contributed by atoms with Crippen LogP contribution in [0.4, 0.5) is 5.69 Å². The molecule has 1 aromatic rings. The molecule has 0 aliphatic carbocycles. The van der Waals surface area contributed by atoms with Crippen molar-refractivity contribution in [2.75, 3.05) is 31.1 Å². The van der Waals surface area contributed by atoms with Gasteiger partial charge in [-0.25, -0.2) is 0 Å². The highest BCUT2D eigenvalue weighted by atomic mass is 127. The maximum Gasteiger partial charge on any atom is 0.0502 e. The summed E-state index contributed by atoms with van der Waals surface area (Å²) in [6.45, 7) is 4.98. The normalized spacial score (nSPS) is 25.7. The molecule has 3 heteroatoms. The van der Waals surface area contributed by atoms with Crippen molar-refractivity contribution in [1.29, 1.82) is 0 Å². The summed E-state index contributed by atoms with van der Waals surface area (Å²) in [4.78, 5) is 5.27. The molecule has 1 unspecified atom stereocenters. The van der Waals surface area contributed by atoms with Crippen LogP contribution in [0.3, 0.4) is 0 Å². The van der Waals surface area contributed by atoms with Gasteiger partial charge in [0.1, 0.15) is 0 Å². The van der Waals surface area contributed by atoms with Crippen molar-refractivity contribution in [2.45, 2.75) is 25.3 Å². The highest BCUT2D eigenvalue weighted by Crippen LogP contribution is 2.27. The minimum absolute atomic E-state index is 0.800. The number of hydrogen-bond acceptors (Lipinski definition) is 2. The molecule has 0 bridgehead atoms. The zero-order valence-corrected chi connectivity index (χ0v) is 12.3. The number of para-hydroxylation sites is 1. The van der Waals surface area contributed by atoms with Crippen LogP contribution >= 0.6 is 22.6 Å². The lowest BCUT2D eigenvalue weighted by molar-refractivity contribution is 0.133. The van der Waals surface area contributed by atoms with E-state index in [1.807, 2.05) is 0 Å². The largest absolute Gasteiger partial charge is 0.368 e. The summed E-state index contributed by atoms with van der Waals surface area (Å²) in [6.07, 6.45) is 4.21. The second-order valence-corrected chi connectivity index (χ2v) is 6.25. The molecular weight excluding hydrogens is 323 g/mol. The second kappa shape index (κ2) is 5.14. The van der Waals surface area contributed by atoms with Gasteiger partial charge < -0.3 is 4.90 Å². The fraction of sp³-hybridized carbons (Fsp3) is 0.571. The Morgan fingerprint density at radius 2 is 1.94 bits per heavy atom. The summed E-state index contributed by atoms with van der Waals surface area (Å²) in [7, 11) is 0. The first-order chi connectivity index (χ1) is 8.34. The van der Waals surface area contributed by atoms with E-state index >= 15 is 0 Å². The van der Waals surface area contributed by atoms with E-state index in [0.717, 1.165) is 6.04 Å². The maximum absolute atomic E-state index is 2.69. The Morgan fingerprint density at radius 3 is 2.82 bits per heavy atom. The van der Waals surface area contributed by atoms with Crippen molar-refractivity contribution >= 4 is 28.3 Å². The van der Waals surface area contributed by atoms with E-state index in [0.29, 0.717) is 0 Å². The number of piperidine rings is 1. The minimum atomic E-state index is 0.800. The Hall–Kier alpha value is -0.290. The molecule has 92 valence electrons. The van der Waals surface area contributed by atoms with E-state index in [4.69, 9.17) is 0 Å². The summed E-state index contributed by atoms with van der Waals surface area (Å²) in [5, 5.41) is 0. The highest BCUT2D eigenvalue weighted by molar-refractivity contribution is 14.1. The molecule has 2 saturated heterocycles. The SMILES string of the molecule is Ic1ccccc1N1CCN2CCCCC2C1. The molecule has 0 amide bonds. The van der Waals surface area contributed by atoms with Gasteiger partial charge in [0.25, 0.3) is 0 Å². The molecule has 0 saturated carbocycles. The topological polar surface area (TPSA) is 6.48 Å². The van der Waals surface area contributed by atoms with Crippen LogP contribution in [-0.4, -0.2) is 37.1 Å². The van der Waals surface area contributed by atoms with E-state index in [-0.39, 0.29) is 0 Å². The second-order valence-electron chi connectivity index (χ2n) is 5.08. The van der Waals surface area contributed by atoms with E-state index < -0.39 is 0 Å². The van der Waals surface area contributed by atoms with E-state index in [1.54, 1.807) is 0 Å². The predicted octanol–water partition coefficient (Wildman–Crippen LogP) is 2.97. The molecule has 3 rings (SSSR count). The van der Waals surface area contributed by atoms with Crippen LogP contribution in [0.2, 0.25) is 0 Å². The summed E-state index contributed by atoms with van der Waals surface area (Å²) in [5.41, 5.74) is 1.43. The molecule has 2 aliphatic heterocycles. The first-order valence-electron chi connectivity index (χ1n) is 6.58. The molecule has 0 spiro atoms. The lowest BCUT2D eigenvalue weighted by Gasteiger charge is -2.45. The van der Waals surface area contributed by atoms with E-state index in [2.05, 4.69) is 56.7 Å². The molecule has 0 aromatic heterocycles. The smallest absolute Gasteiger partial charge is 0.0502 e. The molecule has 2 heterocycles. The molecule has 0 radical (unpaired) electrons. The van der Waals surface area contributed by atoms with Gasteiger partial charge in [-0.2, -0.15) is 0 Å². The Labute approximate surface area is 117 Å². The number of benzene rings is 1. The molecule has 1 atom stereocenters. The average molecular weight is 342 g/mol. The van der Waals surface area contributed by atoms with Gasteiger partial charge in [0.05, 0.1) is 5.69 Å². The minimum Gasteiger partial charge on any atom is -0.368 e. The van der Waals surface area contributed by atoms with Crippen molar-refractivity contribution in [1.82, 2.24) is 4.90 Å². The summed E-state index contributed by atoms with van der Waals surface area (Å²) < 4.78 is 1.38. The summed E-state index contributed by atoms with van der Waals surface area (Å²) in [6, 6.07) is 9.56. The number of halogens is 1. The third kappa shape index (κ3) is 2.45. The van der Waals surface area contributed by atoms with Crippen LogP contribution < -0.4 is 4.90 Å². The number of piperazine rings is 1. The summed E-state index contributed by atoms with van der Waals surface area (Å²) >= 11 is 2.46. The van der Waals surface area contributed by atoms with Crippen molar-refractivity contribution in [3.05, 3.63) is 27.8 Å². The van der Waals surface area contributed by atoms with Gasteiger partial charge in [-0.3, -0.25) is 4.90 Å². The molecule has 2 fully saturated rings. The number of fused-ring (bicyclic) bond motifs is 1. The van der Waals surface area contributed by atoms with Crippen LogP contribution in [-0.2, 0) is 0 Å². The molecule has 0 N–H and O–H groups in total. The lowest BCUT2D eigenvalue weighted by atomic mass is 9.99. The predicted molar refractivity (Wildman–Crippen MR) is 80.6 cm³/mol. The van der Waals surface area contributed by atoms with E-state index in [1.165, 1.54) is 54.7 Å².